The van der Waals surface area contributed by atoms with Crippen LogP contribution in [-0.2, 0) is 14.3 Å². The number of methoxy groups -OCH3 is 1. The van der Waals surface area contributed by atoms with Gasteiger partial charge in [-0.15, -0.1) is 0 Å². The third-order valence-corrected chi connectivity index (χ3v) is 9.77. The molecule has 0 unspecified atom stereocenters. The number of likely N-dealkylation sites (N-methyl/N-ethyl adjacent to an activating group) is 1. The van der Waals surface area contributed by atoms with Crippen molar-refractivity contribution in [1.29, 1.82) is 0 Å². The first kappa shape index (κ1) is 37.6. The van der Waals surface area contributed by atoms with Crippen LogP contribution in [0.15, 0.2) is 24.4 Å². The third-order valence-electron chi connectivity index (χ3n) is 9.77. The first-order valence-corrected chi connectivity index (χ1v) is 17.9. The van der Waals surface area contributed by atoms with Gasteiger partial charge < -0.3 is 45.2 Å². The highest BCUT2D eigenvalue weighted by Crippen LogP contribution is 2.40. The van der Waals surface area contributed by atoms with Crippen molar-refractivity contribution >= 4 is 47.0 Å². The molecule has 0 bridgehead atoms. The van der Waals surface area contributed by atoms with Crippen LogP contribution in [0.3, 0.4) is 0 Å². The minimum atomic E-state index is -1.11. The molecule has 2 atom stereocenters. The van der Waals surface area contributed by atoms with Crippen molar-refractivity contribution in [2.45, 2.75) is 109 Å². The summed E-state index contributed by atoms with van der Waals surface area (Å²) in [7, 11) is 3.31. The van der Waals surface area contributed by atoms with E-state index in [9.17, 15) is 24.3 Å². The highest BCUT2D eigenvalue weighted by atomic mass is 16.6. The van der Waals surface area contributed by atoms with Crippen LogP contribution in [0.5, 0.6) is 5.75 Å². The van der Waals surface area contributed by atoms with Crippen LogP contribution in [-0.4, -0.2) is 107 Å². The number of nitrogens with zero attached hydrogens (tertiary/aromatic N) is 5. The quantitative estimate of drug-likeness (QED) is 0.246. The fraction of sp³-hybridized carbons (Fsp3) is 0.611. The molecule has 1 aromatic heterocycles. The van der Waals surface area contributed by atoms with Crippen LogP contribution in [0.1, 0.15) is 89.4 Å². The van der Waals surface area contributed by atoms with Gasteiger partial charge in [-0.25, -0.2) is 14.6 Å². The molecule has 4 N–H and O–H groups in total. The van der Waals surface area contributed by atoms with Crippen LogP contribution >= 0.6 is 0 Å². The van der Waals surface area contributed by atoms with E-state index in [0.29, 0.717) is 67.5 Å². The minimum absolute atomic E-state index is 0.0450. The number of benzene rings is 1. The lowest BCUT2D eigenvalue weighted by Gasteiger charge is -2.43. The van der Waals surface area contributed by atoms with E-state index in [1.54, 1.807) is 57.1 Å². The lowest BCUT2D eigenvalue weighted by molar-refractivity contribution is -0.139. The second-order valence-corrected chi connectivity index (χ2v) is 14.5. The lowest BCUT2D eigenvalue weighted by Crippen LogP contribution is -2.55. The van der Waals surface area contributed by atoms with Gasteiger partial charge in [-0.3, -0.25) is 9.59 Å². The molecule has 1 saturated carbocycles. The number of amides is 3. The summed E-state index contributed by atoms with van der Waals surface area (Å²) >= 11 is 0. The van der Waals surface area contributed by atoms with E-state index in [1.807, 2.05) is 6.92 Å². The molecule has 0 radical (unpaired) electrons. The van der Waals surface area contributed by atoms with Gasteiger partial charge in [0.05, 0.1) is 19.0 Å². The molecule has 1 aromatic carbocycles. The summed E-state index contributed by atoms with van der Waals surface area (Å²) in [5.74, 6) is 0.289. The molecule has 278 valence electrons. The number of hydrogen-bond acceptors (Lipinski definition) is 11. The Kier molecular flexibility index (Phi) is 11.9. The number of hydrogen-bond donors (Lipinski definition) is 4. The van der Waals surface area contributed by atoms with E-state index in [4.69, 9.17) is 14.5 Å². The van der Waals surface area contributed by atoms with Crippen LogP contribution in [0.2, 0.25) is 0 Å². The highest BCUT2D eigenvalue weighted by Gasteiger charge is 2.41. The van der Waals surface area contributed by atoms with Crippen molar-refractivity contribution in [1.82, 2.24) is 25.5 Å². The van der Waals surface area contributed by atoms with Crippen molar-refractivity contribution in [3.8, 4) is 5.75 Å². The highest BCUT2D eigenvalue weighted by molar-refractivity contribution is 6.04. The molecule has 2 fully saturated rings. The van der Waals surface area contributed by atoms with Crippen LogP contribution in [0.4, 0.5) is 27.9 Å². The number of anilines is 4. The Bertz CT molecular complexity index is 1580. The Balaban J connectivity index is 1.17. The standard InChI is InChI=1S/C36H52N8O7/c1-7-27-32(46)42(5)28-21-37-34(41-30(28)44(27)24-10-8-9-11-24)39-25-13-12-22(20-29(25)50-6)31(45)38-23-14-17-43(18-15-23)19-16-26(33(47)48)40-35(49)51-36(2,3)4/h12-13,20-21,23-24,26-27H,7-11,14-19H2,1-6H3,(H,38,45)(H,40,49)(H,47,48)(H,37,39,41)/t26-,27+/m0/s1. The van der Waals surface area contributed by atoms with Gasteiger partial charge in [-0.2, -0.15) is 4.98 Å². The van der Waals surface area contributed by atoms with Gasteiger partial charge in [-0.1, -0.05) is 19.8 Å². The molecular formula is C36H52N8O7. The van der Waals surface area contributed by atoms with Gasteiger partial charge in [0.1, 0.15) is 29.1 Å². The third kappa shape index (κ3) is 9.18. The lowest BCUT2D eigenvalue weighted by atomic mass is 10.0. The molecule has 1 aliphatic carbocycles. The number of carbonyl (C=O) groups excluding carboxylic acids is 3. The maximum atomic E-state index is 13.3. The van der Waals surface area contributed by atoms with E-state index in [1.165, 1.54) is 7.11 Å². The van der Waals surface area contributed by atoms with Crippen LogP contribution in [0.25, 0.3) is 0 Å². The molecule has 3 aliphatic rings. The number of alkyl carbamates (subject to hydrolysis) is 1. The van der Waals surface area contributed by atoms with E-state index in [-0.39, 0.29) is 36.4 Å². The van der Waals surface area contributed by atoms with Crippen molar-refractivity contribution in [2.24, 2.45) is 0 Å². The summed E-state index contributed by atoms with van der Waals surface area (Å²) in [6, 6.07) is 4.05. The van der Waals surface area contributed by atoms with Gasteiger partial charge in [0.25, 0.3) is 5.91 Å². The van der Waals surface area contributed by atoms with Gasteiger partial charge in [0, 0.05) is 44.3 Å². The van der Waals surface area contributed by atoms with Crippen LogP contribution in [0, 0.1) is 0 Å². The summed E-state index contributed by atoms with van der Waals surface area (Å²) in [4.78, 5) is 65.7. The Morgan fingerprint density at radius 1 is 1.10 bits per heavy atom. The second-order valence-electron chi connectivity index (χ2n) is 14.5. The zero-order valence-electron chi connectivity index (χ0n) is 30.5. The zero-order chi connectivity index (χ0) is 36.9. The van der Waals surface area contributed by atoms with Crippen molar-refractivity contribution < 1.29 is 33.8 Å². The Morgan fingerprint density at radius 3 is 2.43 bits per heavy atom. The number of rotatable bonds is 12. The first-order chi connectivity index (χ1) is 24.3. The number of carboxylic acids is 1. The van der Waals surface area contributed by atoms with E-state index in [2.05, 4.69) is 30.7 Å². The molecule has 3 amide bonds. The van der Waals surface area contributed by atoms with E-state index in [0.717, 1.165) is 31.5 Å². The molecule has 5 rings (SSSR count). The molecular weight excluding hydrogens is 656 g/mol. The predicted molar refractivity (Wildman–Crippen MR) is 193 cm³/mol. The molecule has 15 nitrogen and oxygen atoms in total. The summed E-state index contributed by atoms with van der Waals surface area (Å²) in [6.07, 6.45) is 7.57. The number of ether oxygens (including phenoxy) is 2. The number of aliphatic carboxylic acids is 1. The molecule has 3 heterocycles. The number of carbonyl (C=O) groups is 4. The number of aromatic nitrogens is 2. The fourth-order valence-electron chi connectivity index (χ4n) is 7.09. The largest absolute Gasteiger partial charge is 0.495 e. The van der Waals surface area contributed by atoms with Gasteiger partial charge in [0.15, 0.2) is 5.82 Å². The Morgan fingerprint density at radius 2 is 1.80 bits per heavy atom. The number of carboxylic acid groups (broad SMARTS) is 1. The van der Waals surface area contributed by atoms with Crippen molar-refractivity contribution in [3.05, 3.63) is 30.0 Å². The van der Waals surface area contributed by atoms with Gasteiger partial charge in [0.2, 0.25) is 11.9 Å². The Hall–Kier alpha value is -4.66. The average molecular weight is 709 g/mol. The number of fused-ring (bicyclic) bond motifs is 1. The molecule has 0 spiro atoms. The fourth-order valence-corrected chi connectivity index (χ4v) is 7.09. The minimum Gasteiger partial charge on any atom is -0.495 e. The number of likely N-dealkylation sites (tertiary alicyclic amines) is 1. The number of nitrogens with one attached hydrogen (secondary N) is 3. The molecule has 2 aromatic rings. The summed E-state index contributed by atoms with van der Waals surface area (Å²) in [6.45, 7) is 9.03. The number of piperidine rings is 1. The molecule has 15 heteroatoms. The molecule has 1 saturated heterocycles. The first-order valence-electron chi connectivity index (χ1n) is 17.9. The van der Waals surface area contributed by atoms with E-state index >= 15 is 0 Å². The normalized spacial score (nSPS) is 19.3. The van der Waals surface area contributed by atoms with Crippen LogP contribution < -0.4 is 30.5 Å². The maximum Gasteiger partial charge on any atom is 0.408 e. The molecule has 51 heavy (non-hydrogen) atoms. The maximum absolute atomic E-state index is 13.3. The van der Waals surface area contributed by atoms with Crippen molar-refractivity contribution in [2.75, 3.05) is 48.9 Å². The monoisotopic (exact) mass is 708 g/mol. The summed E-state index contributed by atoms with van der Waals surface area (Å²) < 4.78 is 10.9. The Labute approximate surface area is 299 Å². The zero-order valence-corrected chi connectivity index (χ0v) is 30.5. The average Bonchev–Trinajstić information content (AvgIpc) is 3.62. The smallest absolute Gasteiger partial charge is 0.408 e. The predicted octanol–water partition coefficient (Wildman–Crippen LogP) is 4.30. The summed E-state index contributed by atoms with van der Waals surface area (Å²) in [5.41, 5.74) is 1.01. The van der Waals surface area contributed by atoms with E-state index < -0.39 is 23.7 Å². The SMILES string of the molecule is CC[C@@H]1C(=O)N(C)c2cnc(Nc3ccc(C(=O)NC4CCN(CC[C@H](NC(=O)OC(C)(C)C)C(=O)O)CC4)cc3OC)nc2N1C1CCCC1. The van der Waals surface area contributed by atoms with Gasteiger partial charge in [-0.05, 0) is 77.5 Å². The second kappa shape index (κ2) is 16.1. The summed E-state index contributed by atoms with van der Waals surface area (Å²) in [5, 5.41) is 18.4. The molecule has 2 aliphatic heterocycles. The topological polar surface area (TPSA) is 179 Å². The van der Waals surface area contributed by atoms with Crippen molar-refractivity contribution in [3.63, 3.8) is 0 Å². The van der Waals surface area contributed by atoms with Gasteiger partial charge >= 0.3 is 12.1 Å².